The van der Waals surface area contributed by atoms with Crippen LogP contribution < -0.4 is 9.47 Å². The lowest BCUT2D eigenvalue weighted by molar-refractivity contribution is -0.134. The summed E-state index contributed by atoms with van der Waals surface area (Å²) >= 11 is 0. The molecule has 0 saturated carbocycles. The monoisotopic (exact) mass is 226 g/mol. The van der Waals surface area contributed by atoms with E-state index in [1.807, 2.05) is 0 Å². The predicted molar refractivity (Wildman–Crippen MR) is 56.3 cm³/mol. The molecule has 0 saturated heterocycles. The van der Waals surface area contributed by atoms with E-state index in [4.69, 9.17) is 14.6 Å². The zero-order valence-corrected chi connectivity index (χ0v) is 8.86. The van der Waals surface area contributed by atoms with E-state index < -0.39 is 11.8 Å². The summed E-state index contributed by atoms with van der Waals surface area (Å²) in [7, 11) is 2.92. The highest BCUT2D eigenvalue weighted by molar-refractivity contribution is 5.89. The van der Waals surface area contributed by atoms with Crippen LogP contribution in [0.25, 0.3) is 6.08 Å². The number of ether oxygens (including phenoxy) is 2. The number of halogens is 1. The summed E-state index contributed by atoms with van der Waals surface area (Å²) < 4.78 is 22.8. The molecule has 0 atom stereocenters. The fourth-order valence-corrected chi connectivity index (χ4v) is 1.15. The van der Waals surface area contributed by atoms with Crippen LogP contribution in [0.2, 0.25) is 0 Å². The first-order valence-corrected chi connectivity index (χ1v) is 4.41. The number of rotatable bonds is 4. The van der Waals surface area contributed by atoms with E-state index >= 15 is 0 Å². The average molecular weight is 226 g/mol. The van der Waals surface area contributed by atoms with Crippen molar-refractivity contribution in [2.45, 2.75) is 0 Å². The highest BCUT2D eigenvalue weighted by Gasteiger charge is 2.07. The summed E-state index contributed by atoms with van der Waals surface area (Å²) in [5.74, 6) is -1.92. The second kappa shape index (κ2) is 5.16. The van der Waals surface area contributed by atoms with Gasteiger partial charge in [0.2, 0.25) is 5.83 Å². The first-order valence-electron chi connectivity index (χ1n) is 4.41. The van der Waals surface area contributed by atoms with Crippen molar-refractivity contribution < 1.29 is 23.8 Å². The zero-order chi connectivity index (χ0) is 12.1. The molecule has 0 aliphatic carbocycles. The van der Waals surface area contributed by atoms with Crippen LogP contribution in [0.15, 0.2) is 24.0 Å². The van der Waals surface area contributed by atoms with Crippen LogP contribution in [0.1, 0.15) is 5.56 Å². The normalized spacial score (nSPS) is 11.1. The molecular formula is C11H11FO4. The lowest BCUT2D eigenvalue weighted by Crippen LogP contribution is -1.95. The number of hydrogen-bond acceptors (Lipinski definition) is 3. The molecule has 0 heterocycles. The molecule has 0 spiro atoms. The predicted octanol–water partition coefficient (Wildman–Crippen LogP) is 2.10. The van der Waals surface area contributed by atoms with E-state index in [0.29, 0.717) is 17.1 Å². The minimum absolute atomic E-state index is 0.387. The Balaban J connectivity index is 3.09. The fourth-order valence-electron chi connectivity index (χ4n) is 1.15. The van der Waals surface area contributed by atoms with E-state index in [2.05, 4.69) is 0 Å². The maximum atomic E-state index is 12.8. The largest absolute Gasteiger partial charge is 0.493 e. The summed E-state index contributed by atoms with van der Waals surface area (Å²) in [5.41, 5.74) is 0.387. The maximum Gasteiger partial charge on any atom is 0.364 e. The Bertz CT molecular complexity index is 426. The van der Waals surface area contributed by atoms with Gasteiger partial charge in [0.1, 0.15) is 0 Å². The third-order valence-corrected chi connectivity index (χ3v) is 1.91. The highest BCUT2D eigenvalue weighted by atomic mass is 19.1. The molecular weight excluding hydrogens is 215 g/mol. The number of aliphatic carboxylic acids is 1. The molecule has 0 fully saturated rings. The molecule has 5 heteroatoms. The molecule has 0 aliphatic rings. The van der Waals surface area contributed by atoms with Gasteiger partial charge in [-0.3, -0.25) is 0 Å². The second-order valence-electron chi connectivity index (χ2n) is 2.91. The maximum absolute atomic E-state index is 12.8. The Morgan fingerprint density at radius 3 is 2.44 bits per heavy atom. The van der Waals surface area contributed by atoms with Gasteiger partial charge < -0.3 is 14.6 Å². The molecule has 0 aliphatic heterocycles. The third-order valence-electron chi connectivity index (χ3n) is 1.91. The molecule has 86 valence electrons. The Kier molecular flexibility index (Phi) is 3.88. The van der Waals surface area contributed by atoms with Crippen LogP contribution >= 0.6 is 0 Å². The Morgan fingerprint density at radius 2 is 1.94 bits per heavy atom. The smallest absolute Gasteiger partial charge is 0.364 e. The minimum Gasteiger partial charge on any atom is -0.493 e. The van der Waals surface area contributed by atoms with Crippen molar-refractivity contribution in [3.63, 3.8) is 0 Å². The van der Waals surface area contributed by atoms with E-state index in [9.17, 15) is 9.18 Å². The molecule has 16 heavy (non-hydrogen) atoms. The van der Waals surface area contributed by atoms with Gasteiger partial charge in [-0.2, -0.15) is 4.39 Å². The zero-order valence-electron chi connectivity index (χ0n) is 8.86. The van der Waals surface area contributed by atoms with Crippen molar-refractivity contribution in [3.8, 4) is 11.5 Å². The van der Waals surface area contributed by atoms with Gasteiger partial charge in [0, 0.05) is 0 Å². The van der Waals surface area contributed by atoms with Gasteiger partial charge in [0.15, 0.2) is 11.5 Å². The molecule has 1 aromatic carbocycles. The number of benzene rings is 1. The lowest BCUT2D eigenvalue weighted by Gasteiger charge is -2.07. The summed E-state index contributed by atoms with van der Waals surface area (Å²) in [4.78, 5) is 10.3. The first-order chi connectivity index (χ1) is 7.58. The minimum atomic E-state index is -1.60. The van der Waals surface area contributed by atoms with Crippen LogP contribution in [0.3, 0.4) is 0 Å². The molecule has 1 rings (SSSR count). The SMILES string of the molecule is COc1ccc(C=C(F)C(=O)O)cc1OC. The molecule has 0 radical (unpaired) electrons. The molecule has 0 aromatic heterocycles. The average Bonchev–Trinajstić information content (AvgIpc) is 2.28. The molecule has 0 bridgehead atoms. The molecule has 0 unspecified atom stereocenters. The summed E-state index contributed by atoms with van der Waals surface area (Å²) in [6.45, 7) is 0. The second-order valence-corrected chi connectivity index (χ2v) is 2.91. The van der Waals surface area contributed by atoms with E-state index in [0.717, 1.165) is 6.08 Å². The molecule has 1 aromatic rings. The van der Waals surface area contributed by atoms with Crippen LogP contribution in [0.4, 0.5) is 4.39 Å². The number of methoxy groups -OCH3 is 2. The Hall–Kier alpha value is -2.04. The van der Waals surface area contributed by atoms with Gasteiger partial charge in [-0.25, -0.2) is 4.79 Å². The van der Waals surface area contributed by atoms with Crippen LogP contribution in [-0.2, 0) is 4.79 Å². The van der Waals surface area contributed by atoms with Crippen molar-refractivity contribution >= 4 is 12.0 Å². The standard InChI is InChI=1S/C11H11FO4/c1-15-9-4-3-7(6-10(9)16-2)5-8(12)11(13)14/h3-6H,1-2H3,(H,13,14). The van der Waals surface area contributed by atoms with Gasteiger partial charge in [-0.15, -0.1) is 0 Å². The number of carbonyl (C=O) groups is 1. The highest BCUT2D eigenvalue weighted by Crippen LogP contribution is 2.28. The van der Waals surface area contributed by atoms with Crippen molar-refractivity contribution in [2.24, 2.45) is 0 Å². The molecule has 1 N–H and O–H groups in total. The van der Waals surface area contributed by atoms with E-state index in [-0.39, 0.29) is 0 Å². The van der Waals surface area contributed by atoms with Crippen LogP contribution in [0, 0.1) is 0 Å². The van der Waals surface area contributed by atoms with Gasteiger partial charge in [-0.05, 0) is 23.8 Å². The summed E-state index contributed by atoms with van der Waals surface area (Å²) in [6, 6.07) is 4.59. The Morgan fingerprint density at radius 1 is 1.31 bits per heavy atom. The molecule has 4 nitrogen and oxygen atoms in total. The topological polar surface area (TPSA) is 55.8 Å². The number of carboxylic acids is 1. The van der Waals surface area contributed by atoms with Crippen molar-refractivity contribution in [1.82, 2.24) is 0 Å². The number of carboxylic acid groups (broad SMARTS) is 1. The lowest BCUT2D eigenvalue weighted by atomic mass is 10.2. The van der Waals surface area contributed by atoms with Gasteiger partial charge in [-0.1, -0.05) is 6.07 Å². The van der Waals surface area contributed by atoms with Gasteiger partial charge >= 0.3 is 5.97 Å². The summed E-state index contributed by atoms with van der Waals surface area (Å²) in [5, 5.41) is 8.37. The van der Waals surface area contributed by atoms with E-state index in [1.165, 1.54) is 26.4 Å². The first kappa shape index (κ1) is 12.0. The fraction of sp³-hybridized carbons (Fsp3) is 0.182. The van der Waals surface area contributed by atoms with Gasteiger partial charge in [0.25, 0.3) is 0 Å². The number of hydrogen-bond donors (Lipinski definition) is 1. The van der Waals surface area contributed by atoms with Gasteiger partial charge in [0.05, 0.1) is 14.2 Å². The molecule has 0 amide bonds. The quantitative estimate of drug-likeness (QED) is 0.799. The Labute approximate surface area is 91.9 Å². The van der Waals surface area contributed by atoms with Crippen molar-refractivity contribution in [1.29, 1.82) is 0 Å². The van der Waals surface area contributed by atoms with Crippen LogP contribution in [-0.4, -0.2) is 25.3 Å². The van der Waals surface area contributed by atoms with Crippen molar-refractivity contribution in [2.75, 3.05) is 14.2 Å². The van der Waals surface area contributed by atoms with Crippen molar-refractivity contribution in [3.05, 3.63) is 29.6 Å². The van der Waals surface area contributed by atoms with E-state index in [1.54, 1.807) is 6.07 Å². The summed E-state index contributed by atoms with van der Waals surface area (Å²) in [6.07, 6.45) is 0.907. The van der Waals surface area contributed by atoms with Crippen LogP contribution in [0.5, 0.6) is 11.5 Å². The third kappa shape index (κ3) is 2.73.